The van der Waals surface area contributed by atoms with Gasteiger partial charge in [0.05, 0.1) is 6.04 Å². The third-order valence-electron chi connectivity index (χ3n) is 3.30. The summed E-state index contributed by atoms with van der Waals surface area (Å²) in [5.41, 5.74) is 8.25. The Labute approximate surface area is 108 Å². The van der Waals surface area contributed by atoms with Crippen LogP contribution >= 0.6 is 0 Å². The van der Waals surface area contributed by atoms with E-state index in [1.54, 1.807) is 6.92 Å². The second-order valence-corrected chi connectivity index (χ2v) is 4.80. The van der Waals surface area contributed by atoms with Crippen molar-refractivity contribution >= 4 is 11.6 Å². The molecule has 1 aromatic rings. The van der Waals surface area contributed by atoms with Crippen molar-refractivity contribution in [1.82, 2.24) is 5.32 Å². The maximum Gasteiger partial charge on any atom is 0.236 e. The Morgan fingerprint density at radius 2 is 2.28 bits per heavy atom. The molecule has 1 amide bonds. The lowest BCUT2D eigenvalue weighted by Crippen LogP contribution is -2.39. The molecule has 0 saturated carbocycles. The van der Waals surface area contributed by atoms with Gasteiger partial charge in [-0.1, -0.05) is 18.2 Å². The van der Waals surface area contributed by atoms with Crippen molar-refractivity contribution in [2.24, 2.45) is 5.73 Å². The van der Waals surface area contributed by atoms with Crippen LogP contribution in [0, 0.1) is 0 Å². The molecule has 1 aliphatic rings. The highest BCUT2D eigenvalue weighted by Gasteiger charge is 2.17. The molecule has 0 radical (unpaired) electrons. The number of para-hydroxylation sites is 1. The second kappa shape index (κ2) is 5.87. The zero-order chi connectivity index (χ0) is 13.0. The number of hydrogen-bond donors (Lipinski definition) is 2. The van der Waals surface area contributed by atoms with E-state index in [0.717, 1.165) is 25.9 Å². The highest BCUT2D eigenvalue weighted by Crippen LogP contribution is 2.27. The van der Waals surface area contributed by atoms with Gasteiger partial charge in [-0.05, 0) is 31.4 Å². The summed E-state index contributed by atoms with van der Waals surface area (Å²) in [5.74, 6) is -0.0724. The van der Waals surface area contributed by atoms with Gasteiger partial charge in [0.1, 0.15) is 0 Å². The second-order valence-electron chi connectivity index (χ2n) is 4.80. The number of carbonyl (C=O) groups is 1. The Morgan fingerprint density at radius 3 is 3.06 bits per heavy atom. The fourth-order valence-electron chi connectivity index (χ4n) is 2.28. The number of nitrogens with two attached hydrogens (primary N) is 1. The first-order chi connectivity index (χ1) is 8.68. The number of anilines is 1. The minimum absolute atomic E-state index is 0.0724. The van der Waals surface area contributed by atoms with Crippen LogP contribution in [-0.2, 0) is 11.2 Å². The van der Waals surface area contributed by atoms with Crippen LogP contribution in [-0.4, -0.2) is 31.6 Å². The van der Waals surface area contributed by atoms with Crippen molar-refractivity contribution in [1.29, 1.82) is 0 Å². The van der Waals surface area contributed by atoms with Crippen molar-refractivity contribution in [2.45, 2.75) is 25.8 Å². The van der Waals surface area contributed by atoms with E-state index < -0.39 is 6.04 Å². The molecule has 3 N–H and O–H groups in total. The largest absolute Gasteiger partial charge is 0.371 e. The van der Waals surface area contributed by atoms with E-state index in [0.29, 0.717) is 6.54 Å². The zero-order valence-electron chi connectivity index (χ0n) is 10.9. The van der Waals surface area contributed by atoms with E-state index in [1.165, 1.54) is 11.3 Å². The van der Waals surface area contributed by atoms with Crippen LogP contribution in [0.25, 0.3) is 0 Å². The zero-order valence-corrected chi connectivity index (χ0v) is 10.9. The molecule has 0 bridgehead atoms. The molecule has 0 fully saturated rings. The molecule has 0 saturated heterocycles. The molecule has 98 valence electrons. The monoisotopic (exact) mass is 247 g/mol. The van der Waals surface area contributed by atoms with Gasteiger partial charge in [-0.25, -0.2) is 0 Å². The van der Waals surface area contributed by atoms with Crippen molar-refractivity contribution in [3.8, 4) is 0 Å². The minimum atomic E-state index is -0.419. The van der Waals surface area contributed by atoms with Crippen molar-refractivity contribution in [3.63, 3.8) is 0 Å². The molecule has 18 heavy (non-hydrogen) atoms. The topological polar surface area (TPSA) is 58.4 Å². The molecular weight excluding hydrogens is 226 g/mol. The third kappa shape index (κ3) is 3.01. The maximum atomic E-state index is 11.3. The van der Waals surface area contributed by atoms with E-state index in [9.17, 15) is 4.79 Å². The summed E-state index contributed by atoms with van der Waals surface area (Å²) < 4.78 is 0. The standard InChI is InChI=1S/C14H21N3O/c1-11(15)14(18)16-8-4-9-17-10-7-12-5-2-3-6-13(12)17/h2-3,5-6,11H,4,7-10,15H2,1H3,(H,16,18). The van der Waals surface area contributed by atoms with E-state index in [2.05, 4.69) is 34.5 Å². The summed E-state index contributed by atoms with van der Waals surface area (Å²) in [6.45, 7) is 4.46. The Bertz CT molecular complexity index is 417. The fraction of sp³-hybridized carbons (Fsp3) is 0.500. The number of nitrogens with one attached hydrogen (secondary N) is 1. The van der Waals surface area contributed by atoms with Gasteiger partial charge in [0, 0.05) is 25.3 Å². The molecule has 0 aromatic heterocycles. The lowest BCUT2D eigenvalue weighted by Gasteiger charge is -2.19. The summed E-state index contributed by atoms with van der Waals surface area (Å²) in [6.07, 6.45) is 2.08. The number of nitrogens with zero attached hydrogens (tertiary/aromatic N) is 1. The van der Waals surface area contributed by atoms with Gasteiger partial charge in [-0.15, -0.1) is 0 Å². The lowest BCUT2D eigenvalue weighted by molar-refractivity contribution is -0.121. The number of fused-ring (bicyclic) bond motifs is 1. The summed E-state index contributed by atoms with van der Waals surface area (Å²) in [7, 11) is 0. The number of benzene rings is 1. The highest BCUT2D eigenvalue weighted by molar-refractivity contribution is 5.80. The van der Waals surface area contributed by atoms with Crippen LogP contribution in [0.3, 0.4) is 0 Å². The minimum Gasteiger partial charge on any atom is -0.371 e. The molecular formula is C14H21N3O. The van der Waals surface area contributed by atoms with E-state index in [4.69, 9.17) is 5.73 Å². The van der Waals surface area contributed by atoms with Crippen LogP contribution in [0.15, 0.2) is 24.3 Å². The number of amides is 1. The summed E-state index contributed by atoms with van der Waals surface area (Å²) in [6, 6.07) is 8.11. The Morgan fingerprint density at radius 1 is 1.50 bits per heavy atom. The summed E-state index contributed by atoms with van der Waals surface area (Å²) in [5, 5.41) is 2.84. The van der Waals surface area contributed by atoms with Gasteiger partial charge < -0.3 is 16.0 Å². The summed E-state index contributed by atoms with van der Waals surface area (Å²) >= 11 is 0. The van der Waals surface area contributed by atoms with Crippen LogP contribution in [0.1, 0.15) is 18.9 Å². The molecule has 2 rings (SSSR count). The number of rotatable bonds is 5. The van der Waals surface area contributed by atoms with Gasteiger partial charge in [0.25, 0.3) is 0 Å². The maximum absolute atomic E-state index is 11.3. The molecule has 1 heterocycles. The molecule has 1 atom stereocenters. The predicted molar refractivity (Wildman–Crippen MR) is 73.6 cm³/mol. The number of hydrogen-bond acceptors (Lipinski definition) is 3. The SMILES string of the molecule is CC(N)C(=O)NCCCN1CCc2ccccc21. The molecule has 0 spiro atoms. The van der Waals surface area contributed by atoms with E-state index in [1.807, 2.05) is 0 Å². The van der Waals surface area contributed by atoms with Crippen LogP contribution < -0.4 is 16.0 Å². The van der Waals surface area contributed by atoms with E-state index in [-0.39, 0.29) is 5.91 Å². The van der Waals surface area contributed by atoms with Gasteiger partial charge in [-0.2, -0.15) is 0 Å². The van der Waals surface area contributed by atoms with Crippen LogP contribution in [0.4, 0.5) is 5.69 Å². The Balaban J connectivity index is 1.74. The van der Waals surface area contributed by atoms with Gasteiger partial charge in [0.15, 0.2) is 0 Å². The first-order valence-electron chi connectivity index (χ1n) is 6.54. The first kappa shape index (κ1) is 12.9. The van der Waals surface area contributed by atoms with Crippen molar-refractivity contribution in [3.05, 3.63) is 29.8 Å². The average molecular weight is 247 g/mol. The average Bonchev–Trinajstić information content (AvgIpc) is 2.77. The molecule has 4 nitrogen and oxygen atoms in total. The lowest BCUT2D eigenvalue weighted by atomic mass is 10.2. The van der Waals surface area contributed by atoms with Crippen molar-refractivity contribution in [2.75, 3.05) is 24.5 Å². The quantitative estimate of drug-likeness (QED) is 0.760. The van der Waals surface area contributed by atoms with Gasteiger partial charge in [0.2, 0.25) is 5.91 Å². The number of carbonyl (C=O) groups excluding carboxylic acids is 1. The van der Waals surface area contributed by atoms with E-state index >= 15 is 0 Å². The molecule has 1 unspecified atom stereocenters. The Hall–Kier alpha value is -1.55. The fourth-order valence-corrected chi connectivity index (χ4v) is 2.28. The summed E-state index contributed by atoms with van der Waals surface area (Å²) in [4.78, 5) is 13.7. The van der Waals surface area contributed by atoms with Crippen LogP contribution in [0.5, 0.6) is 0 Å². The van der Waals surface area contributed by atoms with Crippen molar-refractivity contribution < 1.29 is 4.79 Å². The molecule has 4 heteroatoms. The third-order valence-corrected chi connectivity index (χ3v) is 3.30. The predicted octanol–water partition coefficient (Wildman–Crippen LogP) is 0.903. The first-order valence-corrected chi connectivity index (χ1v) is 6.54. The molecule has 0 aliphatic carbocycles. The van der Waals surface area contributed by atoms with Gasteiger partial charge >= 0.3 is 0 Å². The Kier molecular flexibility index (Phi) is 4.20. The normalized spacial score (nSPS) is 15.3. The smallest absolute Gasteiger partial charge is 0.236 e. The van der Waals surface area contributed by atoms with Crippen LogP contribution in [0.2, 0.25) is 0 Å². The highest BCUT2D eigenvalue weighted by atomic mass is 16.2. The van der Waals surface area contributed by atoms with Gasteiger partial charge in [-0.3, -0.25) is 4.79 Å². The molecule has 1 aliphatic heterocycles. The molecule has 1 aromatic carbocycles.